The summed E-state index contributed by atoms with van der Waals surface area (Å²) < 4.78 is 19.6. The lowest BCUT2D eigenvalue weighted by atomic mass is 9.76. The van der Waals surface area contributed by atoms with Gasteiger partial charge in [-0.3, -0.25) is 9.59 Å². The highest BCUT2D eigenvalue weighted by Gasteiger charge is 2.44. The van der Waals surface area contributed by atoms with E-state index in [1.54, 1.807) is 31.1 Å². The van der Waals surface area contributed by atoms with Crippen LogP contribution in [0.5, 0.6) is 5.75 Å². The number of hydrogen-bond donors (Lipinski definition) is 0. The number of fused-ring (bicyclic) bond motifs is 1. The van der Waals surface area contributed by atoms with Crippen LogP contribution in [-0.4, -0.2) is 54.4 Å². The van der Waals surface area contributed by atoms with Crippen molar-refractivity contribution in [3.8, 4) is 5.75 Å². The zero-order valence-electron chi connectivity index (χ0n) is 18.1. The number of hydrogen-bond acceptors (Lipinski definition) is 3. The van der Waals surface area contributed by atoms with Gasteiger partial charge in [-0.15, -0.1) is 0 Å². The normalized spacial score (nSPS) is 19.5. The van der Waals surface area contributed by atoms with Gasteiger partial charge >= 0.3 is 0 Å². The first kappa shape index (κ1) is 21.3. The standard InChI is InChI=1S/C25H29FN2O3/c1-27(2)23(29)16-19-17-25(31-22-6-4-3-5-21(19)22)11-13-28(14-12-25)24(30)15-18-7-9-20(26)10-8-18/h3-10,19H,11-17H2,1-2H3/t19-/m1/s1. The monoisotopic (exact) mass is 424 g/mol. The van der Waals surface area contributed by atoms with Gasteiger partial charge in [0, 0.05) is 52.4 Å². The third kappa shape index (κ3) is 4.73. The molecule has 0 unspecified atom stereocenters. The fourth-order valence-electron chi connectivity index (χ4n) is 4.68. The molecule has 2 amide bonds. The summed E-state index contributed by atoms with van der Waals surface area (Å²) in [7, 11) is 3.57. The lowest BCUT2D eigenvalue weighted by Crippen LogP contribution is -2.52. The van der Waals surface area contributed by atoms with Crippen LogP contribution in [0.15, 0.2) is 48.5 Å². The average Bonchev–Trinajstić information content (AvgIpc) is 2.75. The molecule has 1 fully saturated rings. The Morgan fingerprint density at radius 3 is 2.45 bits per heavy atom. The van der Waals surface area contributed by atoms with Gasteiger partial charge in [-0.2, -0.15) is 0 Å². The molecule has 4 rings (SSSR count). The van der Waals surface area contributed by atoms with Gasteiger partial charge in [-0.1, -0.05) is 30.3 Å². The Kier molecular flexibility index (Phi) is 5.99. The molecule has 6 heteroatoms. The minimum atomic E-state index is -0.349. The maximum atomic E-state index is 13.1. The van der Waals surface area contributed by atoms with Crippen molar-refractivity contribution in [2.45, 2.75) is 43.6 Å². The van der Waals surface area contributed by atoms with Crippen LogP contribution in [0.3, 0.4) is 0 Å². The zero-order valence-corrected chi connectivity index (χ0v) is 18.1. The Balaban J connectivity index is 1.44. The predicted molar refractivity (Wildman–Crippen MR) is 116 cm³/mol. The smallest absolute Gasteiger partial charge is 0.226 e. The minimum absolute atomic E-state index is 0.0528. The van der Waals surface area contributed by atoms with Crippen LogP contribution in [0.2, 0.25) is 0 Å². The number of nitrogens with zero attached hydrogens (tertiary/aromatic N) is 2. The van der Waals surface area contributed by atoms with E-state index in [-0.39, 0.29) is 35.6 Å². The lowest BCUT2D eigenvalue weighted by molar-refractivity contribution is -0.134. The molecular weight excluding hydrogens is 395 g/mol. The molecular formula is C25H29FN2O3. The molecule has 2 aromatic carbocycles. The Morgan fingerprint density at radius 2 is 1.77 bits per heavy atom. The first-order valence-electron chi connectivity index (χ1n) is 10.9. The molecule has 2 aromatic rings. The molecule has 0 saturated carbocycles. The molecule has 0 aromatic heterocycles. The summed E-state index contributed by atoms with van der Waals surface area (Å²) in [6.45, 7) is 1.24. The average molecular weight is 425 g/mol. The molecule has 1 atom stereocenters. The van der Waals surface area contributed by atoms with Gasteiger partial charge in [0.2, 0.25) is 11.8 Å². The molecule has 2 aliphatic rings. The van der Waals surface area contributed by atoms with Crippen molar-refractivity contribution >= 4 is 11.8 Å². The largest absolute Gasteiger partial charge is 0.487 e. The van der Waals surface area contributed by atoms with Crippen LogP contribution < -0.4 is 4.74 Å². The van der Waals surface area contributed by atoms with E-state index in [0.717, 1.165) is 36.1 Å². The van der Waals surface area contributed by atoms with Crippen LogP contribution in [0.1, 0.15) is 42.7 Å². The highest BCUT2D eigenvalue weighted by atomic mass is 19.1. The number of para-hydroxylation sites is 1. The van der Waals surface area contributed by atoms with Gasteiger partial charge in [0.15, 0.2) is 0 Å². The number of rotatable bonds is 4. The van der Waals surface area contributed by atoms with E-state index in [1.807, 2.05) is 23.1 Å². The zero-order chi connectivity index (χ0) is 22.0. The highest BCUT2D eigenvalue weighted by molar-refractivity contribution is 5.79. The van der Waals surface area contributed by atoms with Crippen molar-refractivity contribution in [1.82, 2.24) is 9.80 Å². The second-order valence-electron chi connectivity index (χ2n) is 8.90. The summed E-state index contributed by atoms with van der Waals surface area (Å²) in [5, 5.41) is 0. The van der Waals surface area contributed by atoms with E-state index in [4.69, 9.17) is 4.74 Å². The Bertz CT molecular complexity index is 949. The van der Waals surface area contributed by atoms with Crippen LogP contribution in [0.25, 0.3) is 0 Å². The molecule has 0 bridgehead atoms. The van der Waals surface area contributed by atoms with Crippen LogP contribution in [-0.2, 0) is 16.0 Å². The van der Waals surface area contributed by atoms with Gasteiger partial charge in [-0.25, -0.2) is 4.39 Å². The maximum absolute atomic E-state index is 13.1. The Morgan fingerprint density at radius 1 is 1.10 bits per heavy atom. The van der Waals surface area contributed by atoms with Crippen molar-refractivity contribution in [3.05, 3.63) is 65.5 Å². The highest BCUT2D eigenvalue weighted by Crippen LogP contribution is 2.46. The fourth-order valence-corrected chi connectivity index (χ4v) is 4.68. The molecule has 1 spiro atoms. The SMILES string of the molecule is CN(C)C(=O)C[C@@H]1CC2(CCN(C(=O)Cc3ccc(F)cc3)CC2)Oc2ccccc21. The van der Waals surface area contributed by atoms with Crippen LogP contribution >= 0.6 is 0 Å². The molecule has 0 aliphatic carbocycles. The summed E-state index contributed by atoms with van der Waals surface area (Å²) in [5.41, 5.74) is 1.56. The molecule has 2 aliphatic heterocycles. The molecule has 0 radical (unpaired) electrons. The number of amides is 2. The summed E-state index contributed by atoms with van der Waals surface area (Å²) in [5.74, 6) is 0.839. The number of carbonyl (C=O) groups is 2. The van der Waals surface area contributed by atoms with Crippen molar-refractivity contribution in [1.29, 1.82) is 0 Å². The van der Waals surface area contributed by atoms with Crippen molar-refractivity contribution in [2.75, 3.05) is 27.2 Å². The minimum Gasteiger partial charge on any atom is -0.487 e. The summed E-state index contributed by atoms with van der Waals surface area (Å²) in [6.07, 6.45) is 3.00. The molecule has 2 heterocycles. The number of ether oxygens (including phenoxy) is 1. The fraction of sp³-hybridized carbons (Fsp3) is 0.440. The second kappa shape index (κ2) is 8.69. The van der Waals surface area contributed by atoms with Gasteiger partial charge in [0.1, 0.15) is 17.2 Å². The number of piperidine rings is 1. The second-order valence-corrected chi connectivity index (χ2v) is 8.90. The third-order valence-electron chi connectivity index (χ3n) is 6.52. The van der Waals surface area contributed by atoms with E-state index >= 15 is 0 Å². The maximum Gasteiger partial charge on any atom is 0.226 e. The van der Waals surface area contributed by atoms with Crippen molar-refractivity contribution in [2.24, 2.45) is 0 Å². The Labute approximate surface area is 182 Å². The van der Waals surface area contributed by atoms with Crippen molar-refractivity contribution in [3.63, 3.8) is 0 Å². The van der Waals surface area contributed by atoms with E-state index in [0.29, 0.717) is 19.5 Å². The van der Waals surface area contributed by atoms with E-state index in [1.165, 1.54) is 12.1 Å². The molecule has 31 heavy (non-hydrogen) atoms. The van der Waals surface area contributed by atoms with E-state index in [9.17, 15) is 14.0 Å². The number of carbonyl (C=O) groups excluding carboxylic acids is 2. The number of halogens is 1. The Hall–Kier alpha value is -2.89. The number of likely N-dealkylation sites (tertiary alicyclic amines) is 1. The molecule has 0 N–H and O–H groups in total. The van der Waals surface area contributed by atoms with Gasteiger partial charge in [0.25, 0.3) is 0 Å². The summed E-state index contributed by atoms with van der Waals surface area (Å²) >= 11 is 0. The predicted octanol–water partition coefficient (Wildman–Crippen LogP) is 3.77. The third-order valence-corrected chi connectivity index (χ3v) is 6.52. The first-order valence-corrected chi connectivity index (χ1v) is 10.9. The van der Waals surface area contributed by atoms with Gasteiger partial charge in [0.05, 0.1) is 6.42 Å². The van der Waals surface area contributed by atoms with Crippen LogP contribution in [0.4, 0.5) is 4.39 Å². The summed E-state index contributed by atoms with van der Waals surface area (Å²) in [4.78, 5) is 28.7. The van der Waals surface area contributed by atoms with Gasteiger partial charge < -0.3 is 14.5 Å². The lowest BCUT2D eigenvalue weighted by Gasteiger charge is -2.47. The van der Waals surface area contributed by atoms with Crippen LogP contribution in [0, 0.1) is 5.82 Å². The topological polar surface area (TPSA) is 49.9 Å². The molecule has 1 saturated heterocycles. The number of benzene rings is 2. The van der Waals surface area contributed by atoms with E-state index in [2.05, 4.69) is 6.07 Å². The quantitative estimate of drug-likeness (QED) is 0.751. The molecule has 5 nitrogen and oxygen atoms in total. The van der Waals surface area contributed by atoms with Crippen molar-refractivity contribution < 1.29 is 18.7 Å². The van der Waals surface area contributed by atoms with E-state index < -0.39 is 0 Å². The summed E-state index contributed by atoms with van der Waals surface area (Å²) in [6, 6.07) is 14.1. The first-order chi connectivity index (χ1) is 14.8. The molecule has 164 valence electrons. The van der Waals surface area contributed by atoms with Gasteiger partial charge in [-0.05, 0) is 35.7 Å².